The first-order valence-corrected chi connectivity index (χ1v) is 7.60. The van der Waals surface area contributed by atoms with Crippen LogP contribution in [0.2, 0.25) is 0 Å². The van der Waals surface area contributed by atoms with Crippen LogP contribution in [0.3, 0.4) is 0 Å². The number of carboxylic acid groups (broad SMARTS) is 1. The van der Waals surface area contributed by atoms with Crippen LogP contribution >= 0.6 is 0 Å². The fourth-order valence-corrected chi connectivity index (χ4v) is 2.69. The summed E-state index contributed by atoms with van der Waals surface area (Å²) in [5.41, 5.74) is -0.218. The molecule has 0 spiro atoms. The first kappa shape index (κ1) is 17.7. The van der Waals surface area contributed by atoms with E-state index in [0.29, 0.717) is 31.7 Å². The van der Waals surface area contributed by atoms with Crippen molar-refractivity contribution in [2.75, 3.05) is 25.0 Å². The fourth-order valence-electron chi connectivity index (χ4n) is 2.69. The molecule has 1 aromatic rings. The molecule has 9 heteroatoms. The summed E-state index contributed by atoms with van der Waals surface area (Å²) >= 11 is 0. The van der Waals surface area contributed by atoms with Crippen LogP contribution in [-0.4, -0.2) is 52.5 Å². The molecular formula is C15H19N3O6. The van der Waals surface area contributed by atoms with Crippen molar-refractivity contribution in [2.24, 2.45) is 0 Å². The van der Waals surface area contributed by atoms with Gasteiger partial charge < -0.3 is 15.2 Å². The summed E-state index contributed by atoms with van der Waals surface area (Å²) in [5.74, 6) is -1.12. The lowest BCUT2D eigenvalue weighted by atomic mass is 10.2. The van der Waals surface area contributed by atoms with Gasteiger partial charge in [-0.3, -0.25) is 24.6 Å². The zero-order valence-corrected chi connectivity index (χ0v) is 13.2. The molecule has 24 heavy (non-hydrogen) atoms. The van der Waals surface area contributed by atoms with E-state index in [4.69, 9.17) is 9.84 Å². The van der Waals surface area contributed by atoms with E-state index in [1.54, 1.807) is 11.8 Å². The SMILES string of the molecule is CCOc1ccc(NC(=O)CN2CCC[C@@H]2C(=O)O)c([N+](=O)[O-])c1. The smallest absolute Gasteiger partial charge is 0.320 e. The van der Waals surface area contributed by atoms with Crippen LogP contribution in [-0.2, 0) is 9.59 Å². The molecule has 130 valence electrons. The van der Waals surface area contributed by atoms with E-state index in [1.807, 2.05) is 0 Å². The molecule has 1 atom stereocenters. The van der Waals surface area contributed by atoms with Crippen molar-refractivity contribution in [3.63, 3.8) is 0 Å². The number of hydrogen-bond acceptors (Lipinski definition) is 6. The molecule has 1 saturated heterocycles. The molecule has 1 aliphatic rings. The Hall–Kier alpha value is -2.68. The van der Waals surface area contributed by atoms with Crippen molar-refractivity contribution >= 4 is 23.3 Å². The molecule has 0 radical (unpaired) electrons. The van der Waals surface area contributed by atoms with Crippen LogP contribution in [0.5, 0.6) is 5.75 Å². The molecule has 1 amide bonds. The van der Waals surface area contributed by atoms with Crippen LogP contribution in [0, 0.1) is 10.1 Å². The van der Waals surface area contributed by atoms with Crippen molar-refractivity contribution in [1.82, 2.24) is 4.90 Å². The number of rotatable bonds is 7. The standard InChI is InChI=1S/C15H19N3O6/c1-2-24-10-5-6-11(13(8-10)18(22)23)16-14(19)9-17-7-3-4-12(17)15(20)21/h5-6,8,12H,2-4,7,9H2,1H3,(H,16,19)(H,20,21)/t12-/m1/s1. The summed E-state index contributed by atoms with van der Waals surface area (Å²) in [7, 11) is 0. The predicted molar refractivity (Wildman–Crippen MR) is 85.1 cm³/mol. The monoisotopic (exact) mass is 337 g/mol. The van der Waals surface area contributed by atoms with E-state index in [9.17, 15) is 19.7 Å². The van der Waals surface area contributed by atoms with Gasteiger partial charge in [-0.2, -0.15) is 0 Å². The number of carboxylic acids is 1. The maximum absolute atomic E-state index is 12.1. The first-order chi connectivity index (χ1) is 11.4. The van der Waals surface area contributed by atoms with E-state index in [1.165, 1.54) is 18.2 Å². The van der Waals surface area contributed by atoms with E-state index in [-0.39, 0.29) is 17.9 Å². The number of anilines is 1. The van der Waals surface area contributed by atoms with E-state index in [0.717, 1.165) is 0 Å². The highest BCUT2D eigenvalue weighted by atomic mass is 16.6. The second-order valence-electron chi connectivity index (χ2n) is 5.38. The topological polar surface area (TPSA) is 122 Å². The molecule has 0 aliphatic carbocycles. The molecule has 1 heterocycles. The summed E-state index contributed by atoms with van der Waals surface area (Å²) in [5, 5.41) is 22.7. The molecule has 1 aromatic carbocycles. The Morgan fingerprint density at radius 3 is 2.88 bits per heavy atom. The van der Waals surface area contributed by atoms with E-state index in [2.05, 4.69) is 5.32 Å². The van der Waals surface area contributed by atoms with Gasteiger partial charge >= 0.3 is 5.97 Å². The molecule has 9 nitrogen and oxygen atoms in total. The van der Waals surface area contributed by atoms with Gasteiger partial charge in [0.05, 0.1) is 24.1 Å². The molecule has 1 aliphatic heterocycles. The molecule has 2 N–H and O–H groups in total. The molecule has 0 unspecified atom stereocenters. The number of nitrogens with one attached hydrogen (secondary N) is 1. The maximum Gasteiger partial charge on any atom is 0.320 e. The summed E-state index contributed by atoms with van der Waals surface area (Å²) in [6, 6.07) is 3.49. The van der Waals surface area contributed by atoms with Crippen molar-refractivity contribution < 1.29 is 24.4 Å². The average molecular weight is 337 g/mol. The second-order valence-corrected chi connectivity index (χ2v) is 5.38. The lowest BCUT2D eigenvalue weighted by Crippen LogP contribution is -2.40. The molecule has 0 saturated carbocycles. The Bertz CT molecular complexity index is 648. The van der Waals surface area contributed by atoms with Gasteiger partial charge in [0.2, 0.25) is 5.91 Å². The molecule has 0 aromatic heterocycles. The number of aliphatic carboxylic acids is 1. The van der Waals surface area contributed by atoms with E-state index < -0.39 is 22.8 Å². The van der Waals surface area contributed by atoms with Crippen LogP contribution < -0.4 is 10.1 Å². The van der Waals surface area contributed by atoms with Crippen LogP contribution in [0.15, 0.2) is 18.2 Å². The zero-order valence-electron chi connectivity index (χ0n) is 13.2. The third-order valence-corrected chi connectivity index (χ3v) is 3.75. The number of carbonyl (C=O) groups is 2. The fraction of sp³-hybridized carbons (Fsp3) is 0.467. The Morgan fingerprint density at radius 2 is 2.25 bits per heavy atom. The molecule has 0 bridgehead atoms. The van der Waals surface area contributed by atoms with Gasteiger partial charge in [-0.1, -0.05) is 0 Å². The first-order valence-electron chi connectivity index (χ1n) is 7.60. The number of nitrogens with zero attached hydrogens (tertiary/aromatic N) is 2. The number of nitro benzene ring substituents is 1. The summed E-state index contributed by atoms with van der Waals surface area (Å²) in [4.78, 5) is 35.3. The Labute approximate surface area is 138 Å². The quantitative estimate of drug-likeness (QED) is 0.571. The summed E-state index contributed by atoms with van der Waals surface area (Å²) < 4.78 is 5.21. The Kier molecular flexibility index (Phi) is 5.69. The van der Waals surface area contributed by atoms with Crippen LogP contribution in [0.4, 0.5) is 11.4 Å². The van der Waals surface area contributed by atoms with Crippen molar-refractivity contribution in [3.05, 3.63) is 28.3 Å². The average Bonchev–Trinajstić information content (AvgIpc) is 2.97. The van der Waals surface area contributed by atoms with Gasteiger partial charge in [-0.05, 0) is 38.4 Å². The minimum Gasteiger partial charge on any atom is -0.494 e. The third kappa shape index (κ3) is 4.19. The predicted octanol–water partition coefficient (Wildman–Crippen LogP) is 1.48. The lowest BCUT2D eigenvalue weighted by Gasteiger charge is -2.20. The Balaban J connectivity index is 2.08. The highest BCUT2D eigenvalue weighted by Crippen LogP contribution is 2.29. The normalized spacial score (nSPS) is 17.5. The lowest BCUT2D eigenvalue weighted by molar-refractivity contribution is -0.384. The number of ether oxygens (including phenoxy) is 1. The molecule has 2 rings (SSSR count). The zero-order chi connectivity index (χ0) is 17.7. The van der Waals surface area contributed by atoms with Gasteiger partial charge in [0, 0.05) is 0 Å². The number of hydrogen-bond donors (Lipinski definition) is 2. The molecular weight excluding hydrogens is 318 g/mol. The number of amides is 1. The van der Waals surface area contributed by atoms with Gasteiger partial charge in [-0.15, -0.1) is 0 Å². The van der Waals surface area contributed by atoms with Crippen LogP contribution in [0.25, 0.3) is 0 Å². The van der Waals surface area contributed by atoms with Gasteiger partial charge in [0.15, 0.2) is 0 Å². The van der Waals surface area contributed by atoms with Crippen molar-refractivity contribution in [2.45, 2.75) is 25.8 Å². The summed E-state index contributed by atoms with van der Waals surface area (Å²) in [6.07, 6.45) is 1.19. The third-order valence-electron chi connectivity index (χ3n) is 3.75. The van der Waals surface area contributed by atoms with Crippen molar-refractivity contribution in [3.8, 4) is 5.75 Å². The largest absolute Gasteiger partial charge is 0.494 e. The number of benzene rings is 1. The second kappa shape index (κ2) is 7.73. The number of likely N-dealkylation sites (tertiary alicyclic amines) is 1. The Morgan fingerprint density at radius 1 is 1.50 bits per heavy atom. The molecule has 1 fully saturated rings. The van der Waals surface area contributed by atoms with Gasteiger partial charge in [0.1, 0.15) is 17.5 Å². The van der Waals surface area contributed by atoms with Gasteiger partial charge in [-0.25, -0.2) is 0 Å². The number of carbonyl (C=O) groups excluding carboxylic acids is 1. The number of nitro groups is 1. The van der Waals surface area contributed by atoms with Crippen molar-refractivity contribution in [1.29, 1.82) is 0 Å². The van der Waals surface area contributed by atoms with E-state index >= 15 is 0 Å². The minimum atomic E-state index is -0.965. The maximum atomic E-state index is 12.1. The highest BCUT2D eigenvalue weighted by Gasteiger charge is 2.32. The summed E-state index contributed by atoms with van der Waals surface area (Å²) in [6.45, 7) is 2.52. The van der Waals surface area contributed by atoms with Gasteiger partial charge in [0.25, 0.3) is 5.69 Å². The minimum absolute atomic E-state index is 0.0551. The van der Waals surface area contributed by atoms with Crippen LogP contribution in [0.1, 0.15) is 19.8 Å². The highest BCUT2D eigenvalue weighted by molar-refractivity contribution is 5.95.